The fourth-order valence-corrected chi connectivity index (χ4v) is 2.65. The van der Waals surface area contributed by atoms with Gasteiger partial charge in [0.05, 0.1) is 6.04 Å². The van der Waals surface area contributed by atoms with Crippen molar-refractivity contribution in [3.8, 4) is 0 Å². The maximum Gasteiger partial charge on any atom is 0.0676 e. The number of rotatable bonds is 4. The molecule has 1 atom stereocenters. The summed E-state index contributed by atoms with van der Waals surface area (Å²) >= 11 is 12.4. The molecule has 0 radical (unpaired) electrons. The number of aryl methyl sites for hydroxylation is 1. The molecule has 0 bridgehead atoms. The molecule has 0 aliphatic heterocycles. The van der Waals surface area contributed by atoms with Gasteiger partial charge in [-0.2, -0.15) is 0 Å². The minimum absolute atomic E-state index is 0.0103. The van der Waals surface area contributed by atoms with E-state index in [2.05, 4.69) is 36.1 Å². The van der Waals surface area contributed by atoms with Gasteiger partial charge in [-0.25, -0.2) is 0 Å². The number of hydrogen-bond donors (Lipinski definition) is 1. The molecule has 2 aromatic rings. The molecule has 0 heterocycles. The Morgan fingerprint density at radius 2 is 1.75 bits per heavy atom. The summed E-state index contributed by atoms with van der Waals surface area (Å²) in [4.78, 5) is 2.12. The topological polar surface area (TPSA) is 29.3 Å². The molecule has 0 fully saturated rings. The summed E-state index contributed by atoms with van der Waals surface area (Å²) < 4.78 is 0. The molecule has 0 amide bonds. The predicted molar refractivity (Wildman–Crippen MR) is 87.8 cm³/mol. The Kier molecular flexibility index (Phi) is 4.92. The Labute approximate surface area is 130 Å². The highest BCUT2D eigenvalue weighted by Crippen LogP contribution is 2.31. The van der Waals surface area contributed by atoms with E-state index in [1.165, 1.54) is 5.56 Å². The second-order valence-electron chi connectivity index (χ2n) is 4.86. The van der Waals surface area contributed by atoms with E-state index in [4.69, 9.17) is 28.9 Å². The summed E-state index contributed by atoms with van der Waals surface area (Å²) in [6.45, 7) is 2.53. The highest BCUT2D eigenvalue weighted by atomic mass is 35.5. The van der Waals surface area contributed by atoms with Crippen LogP contribution in [0.1, 0.15) is 17.2 Å². The van der Waals surface area contributed by atoms with Crippen LogP contribution in [0.3, 0.4) is 0 Å². The van der Waals surface area contributed by atoms with Crippen LogP contribution < -0.4 is 10.6 Å². The Morgan fingerprint density at radius 3 is 2.35 bits per heavy atom. The largest absolute Gasteiger partial charge is 0.366 e. The zero-order chi connectivity index (χ0) is 14.7. The maximum absolute atomic E-state index is 6.29. The smallest absolute Gasteiger partial charge is 0.0676 e. The first-order valence-electron chi connectivity index (χ1n) is 6.47. The summed E-state index contributed by atoms with van der Waals surface area (Å²) in [6.07, 6.45) is 0. The summed E-state index contributed by atoms with van der Waals surface area (Å²) in [6, 6.07) is 13.8. The molecule has 0 aromatic heterocycles. The van der Waals surface area contributed by atoms with Crippen LogP contribution >= 0.6 is 23.2 Å². The Hall–Kier alpha value is -1.22. The SMILES string of the molecule is Cc1ccc(N(C)C(CN)c2cc(Cl)ccc2Cl)cc1. The van der Waals surface area contributed by atoms with Gasteiger partial charge >= 0.3 is 0 Å². The van der Waals surface area contributed by atoms with Crippen LogP contribution in [0.2, 0.25) is 10.0 Å². The van der Waals surface area contributed by atoms with Crippen LogP contribution in [0.15, 0.2) is 42.5 Å². The monoisotopic (exact) mass is 308 g/mol. The van der Waals surface area contributed by atoms with Crippen molar-refractivity contribution in [1.82, 2.24) is 0 Å². The number of anilines is 1. The minimum atomic E-state index is -0.0103. The second-order valence-corrected chi connectivity index (χ2v) is 5.71. The van der Waals surface area contributed by atoms with Gasteiger partial charge < -0.3 is 10.6 Å². The lowest BCUT2D eigenvalue weighted by molar-refractivity contribution is 0.681. The predicted octanol–water partition coefficient (Wildman–Crippen LogP) is 4.44. The maximum atomic E-state index is 6.29. The molecule has 2 rings (SSSR count). The van der Waals surface area contributed by atoms with Crippen molar-refractivity contribution in [3.05, 3.63) is 63.6 Å². The Morgan fingerprint density at radius 1 is 1.10 bits per heavy atom. The van der Waals surface area contributed by atoms with Crippen LogP contribution in [0.5, 0.6) is 0 Å². The first-order chi connectivity index (χ1) is 9.52. The van der Waals surface area contributed by atoms with Crippen LogP contribution in [0, 0.1) is 6.92 Å². The molecule has 2 N–H and O–H groups in total. The second kappa shape index (κ2) is 6.49. The minimum Gasteiger partial charge on any atom is -0.366 e. The third kappa shape index (κ3) is 3.26. The average molecular weight is 309 g/mol. The lowest BCUT2D eigenvalue weighted by atomic mass is 10.0. The summed E-state index contributed by atoms with van der Waals surface area (Å²) in [7, 11) is 2.01. The molecule has 20 heavy (non-hydrogen) atoms. The van der Waals surface area contributed by atoms with Crippen molar-refractivity contribution in [2.24, 2.45) is 5.73 Å². The summed E-state index contributed by atoms with van der Waals surface area (Å²) in [5.41, 5.74) is 9.23. The molecule has 2 nitrogen and oxygen atoms in total. The van der Waals surface area contributed by atoms with Gasteiger partial charge in [0, 0.05) is 29.3 Å². The highest BCUT2D eigenvalue weighted by molar-refractivity contribution is 6.33. The first-order valence-corrected chi connectivity index (χ1v) is 7.23. The highest BCUT2D eigenvalue weighted by Gasteiger charge is 2.19. The van der Waals surface area contributed by atoms with Crippen LogP contribution in [0.4, 0.5) is 5.69 Å². The first kappa shape index (κ1) is 15.2. The van der Waals surface area contributed by atoms with Crippen molar-refractivity contribution in [2.45, 2.75) is 13.0 Å². The molecule has 2 aromatic carbocycles. The number of halogens is 2. The quantitative estimate of drug-likeness (QED) is 0.905. The third-order valence-corrected chi connectivity index (χ3v) is 4.03. The molecule has 0 aliphatic rings. The van der Waals surface area contributed by atoms with Gasteiger partial charge in [0.2, 0.25) is 0 Å². The summed E-state index contributed by atoms with van der Waals surface area (Å²) in [5.74, 6) is 0. The van der Waals surface area contributed by atoms with Crippen LogP contribution in [0.25, 0.3) is 0 Å². The van der Waals surface area contributed by atoms with Crippen LogP contribution in [-0.2, 0) is 0 Å². The van der Waals surface area contributed by atoms with E-state index in [0.29, 0.717) is 16.6 Å². The number of nitrogens with two attached hydrogens (primary N) is 1. The van der Waals surface area contributed by atoms with Gasteiger partial charge in [-0.05, 0) is 42.8 Å². The van der Waals surface area contributed by atoms with E-state index in [9.17, 15) is 0 Å². The molecular weight excluding hydrogens is 291 g/mol. The standard InChI is InChI=1S/C16H18Cl2N2/c1-11-3-6-13(7-4-11)20(2)16(10-19)14-9-12(17)5-8-15(14)18/h3-9,16H,10,19H2,1-2H3. The van der Waals surface area contributed by atoms with Crippen molar-refractivity contribution in [2.75, 3.05) is 18.5 Å². The van der Waals surface area contributed by atoms with Gasteiger partial charge in [-0.3, -0.25) is 0 Å². The number of hydrogen-bond acceptors (Lipinski definition) is 2. The van der Waals surface area contributed by atoms with E-state index in [1.54, 1.807) is 6.07 Å². The van der Waals surface area contributed by atoms with Crippen molar-refractivity contribution < 1.29 is 0 Å². The molecule has 0 aliphatic carbocycles. The van der Waals surface area contributed by atoms with Gasteiger partial charge in [-0.1, -0.05) is 40.9 Å². The van der Waals surface area contributed by atoms with E-state index < -0.39 is 0 Å². The molecule has 106 valence electrons. The van der Waals surface area contributed by atoms with Gasteiger partial charge in [0.25, 0.3) is 0 Å². The van der Waals surface area contributed by atoms with E-state index in [1.807, 2.05) is 19.2 Å². The van der Waals surface area contributed by atoms with Crippen molar-refractivity contribution >= 4 is 28.9 Å². The molecule has 0 saturated heterocycles. The lowest BCUT2D eigenvalue weighted by Crippen LogP contribution is -2.30. The van der Waals surface area contributed by atoms with Crippen molar-refractivity contribution in [1.29, 1.82) is 0 Å². The molecule has 0 spiro atoms. The number of benzene rings is 2. The summed E-state index contributed by atoms with van der Waals surface area (Å²) in [5, 5.41) is 1.35. The third-order valence-electron chi connectivity index (χ3n) is 3.45. The Bertz CT molecular complexity index is 582. The molecule has 1 unspecified atom stereocenters. The van der Waals surface area contributed by atoms with Crippen molar-refractivity contribution in [3.63, 3.8) is 0 Å². The van der Waals surface area contributed by atoms with Crippen LogP contribution in [-0.4, -0.2) is 13.6 Å². The molecule has 0 saturated carbocycles. The van der Waals surface area contributed by atoms with E-state index in [0.717, 1.165) is 11.3 Å². The fourth-order valence-electron chi connectivity index (χ4n) is 2.22. The average Bonchev–Trinajstić information content (AvgIpc) is 2.44. The van der Waals surface area contributed by atoms with E-state index >= 15 is 0 Å². The number of likely N-dealkylation sites (N-methyl/N-ethyl adjacent to an activating group) is 1. The zero-order valence-corrected chi connectivity index (χ0v) is 13.1. The molecule has 4 heteroatoms. The van der Waals surface area contributed by atoms with Gasteiger partial charge in [0.15, 0.2) is 0 Å². The zero-order valence-electron chi connectivity index (χ0n) is 11.6. The number of nitrogens with zero attached hydrogens (tertiary/aromatic N) is 1. The fraction of sp³-hybridized carbons (Fsp3) is 0.250. The van der Waals surface area contributed by atoms with E-state index in [-0.39, 0.29) is 6.04 Å². The van der Waals surface area contributed by atoms with Gasteiger partial charge in [0.1, 0.15) is 0 Å². The Balaban J connectivity index is 2.36. The normalized spacial score (nSPS) is 12.2. The lowest BCUT2D eigenvalue weighted by Gasteiger charge is -2.30. The van der Waals surface area contributed by atoms with Gasteiger partial charge in [-0.15, -0.1) is 0 Å². The molecular formula is C16H18Cl2N2.